The van der Waals surface area contributed by atoms with Crippen molar-refractivity contribution in [3.05, 3.63) is 0 Å². The minimum atomic E-state index is -0.277. The lowest BCUT2D eigenvalue weighted by Gasteiger charge is -2.31. The fourth-order valence-electron chi connectivity index (χ4n) is 2.37. The molecule has 0 aliphatic heterocycles. The number of primary amides is 1. The van der Waals surface area contributed by atoms with E-state index in [0.717, 1.165) is 25.6 Å². The molecule has 0 aromatic carbocycles. The molecule has 1 aliphatic carbocycles. The quantitative estimate of drug-likeness (QED) is 0.630. The van der Waals surface area contributed by atoms with Crippen LogP contribution in [0.1, 0.15) is 38.5 Å². The van der Waals surface area contributed by atoms with E-state index >= 15 is 0 Å². The van der Waals surface area contributed by atoms with E-state index < -0.39 is 0 Å². The standard InChI is InChI=1S/C12H25N3O/c1-15(11-6-3-2-4-7-11)9-5-8-14-10-12(13)16/h11,14H,2-10H2,1H3,(H2,13,16). The van der Waals surface area contributed by atoms with Crippen LogP contribution in [0.4, 0.5) is 0 Å². The smallest absolute Gasteiger partial charge is 0.231 e. The molecule has 1 fully saturated rings. The first kappa shape index (κ1) is 13.5. The molecule has 0 spiro atoms. The lowest BCUT2D eigenvalue weighted by Crippen LogP contribution is -2.36. The molecule has 94 valence electrons. The molecule has 3 N–H and O–H groups in total. The van der Waals surface area contributed by atoms with E-state index in [1.165, 1.54) is 32.1 Å². The Bertz CT molecular complexity index is 202. The van der Waals surface area contributed by atoms with Gasteiger partial charge in [0.15, 0.2) is 0 Å². The van der Waals surface area contributed by atoms with Crippen LogP contribution in [0.15, 0.2) is 0 Å². The lowest BCUT2D eigenvalue weighted by molar-refractivity contribution is -0.117. The van der Waals surface area contributed by atoms with Crippen LogP contribution in [0.25, 0.3) is 0 Å². The van der Waals surface area contributed by atoms with Gasteiger partial charge in [-0.3, -0.25) is 4.79 Å². The summed E-state index contributed by atoms with van der Waals surface area (Å²) in [6, 6.07) is 0.782. The summed E-state index contributed by atoms with van der Waals surface area (Å²) in [5.74, 6) is -0.277. The molecular formula is C12H25N3O. The molecule has 16 heavy (non-hydrogen) atoms. The number of hydrogen-bond acceptors (Lipinski definition) is 3. The Morgan fingerprint density at radius 3 is 2.69 bits per heavy atom. The molecule has 0 radical (unpaired) electrons. The lowest BCUT2D eigenvalue weighted by atomic mass is 9.94. The van der Waals surface area contributed by atoms with Crippen LogP contribution in [0.3, 0.4) is 0 Å². The topological polar surface area (TPSA) is 58.4 Å². The first-order valence-electron chi connectivity index (χ1n) is 6.39. The van der Waals surface area contributed by atoms with Crippen LogP contribution in [0, 0.1) is 0 Å². The van der Waals surface area contributed by atoms with Crippen LogP contribution >= 0.6 is 0 Å². The van der Waals surface area contributed by atoms with Crippen molar-refractivity contribution >= 4 is 5.91 Å². The molecule has 1 rings (SSSR count). The number of rotatable bonds is 7. The summed E-state index contributed by atoms with van der Waals surface area (Å²) >= 11 is 0. The Balaban J connectivity index is 2.00. The van der Waals surface area contributed by atoms with Gasteiger partial charge in [-0.2, -0.15) is 0 Å². The summed E-state index contributed by atoms with van der Waals surface area (Å²) in [6.07, 6.45) is 7.96. The molecule has 4 heteroatoms. The summed E-state index contributed by atoms with van der Waals surface area (Å²) in [4.78, 5) is 13.0. The first-order valence-corrected chi connectivity index (χ1v) is 6.39. The Hall–Kier alpha value is -0.610. The highest BCUT2D eigenvalue weighted by molar-refractivity contribution is 5.75. The predicted molar refractivity (Wildman–Crippen MR) is 66.2 cm³/mol. The van der Waals surface area contributed by atoms with Crippen LogP contribution in [0.5, 0.6) is 0 Å². The number of carbonyl (C=O) groups is 1. The van der Waals surface area contributed by atoms with Gasteiger partial charge in [0.05, 0.1) is 6.54 Å². The third kappa shape index (κ3) is 5.47. The fraction of sp³-hybridized carbons (Fsp3) is 0.917. The van der Waals surface area contributed by atoms with Gasteiger partial charge in [0.25, 0.3) is 0 Å². The molecule has 4 nitrogen and oxygen atoms in total. The molecule has 0 atom stereocenters. The van der Waals surface area contributed by atoms with Crippen molar-refractivity contribution < 1.29 is 4.79 Å². The second kappa shape index (κ2) is 7.63. The van der Waals surface area contributed by atoms with Crippen molar-refractivity contribution in [3.8, 4) is 0 Å². The van der Waals surface area contributed by atoms with Gasteiger partial charge in [0.1, 0.15) is 0 Å². The van der Waals surface area contributed by atoms with Gasteiger partial charge in [0.2, 0.25) is 5.91 Å². The molecule has 1 aliphatic rings. The van der Waals surface area contributed by atoms with E-state index in [-0.39, 0.29) is 5.91 Å². The number of amides is 1. The van der Waals surface area contributed by atoms with E-state index in [4.69, 9.17) is 5.73 Å². The molecule has 0 aromatic rings. The van der Waals surface area contributed by atoms with E-state index in [1.54, 1.807) is 0 Å². The average Bonchev–Trinajstić information content (AvgIpc) is 2.29. The molecule has 0 saturated heterocycles. The number of nitrogens with two attached hydrogens (primary N) is 1. The van der Waals surface area contributed by atoms with Crippen molar-refractivity contribution in [1.29, 1.82) is 0 Å². The van der Waals surface area contributed by atoms with E-state index in [2.05, 4.69) is 17.3 Å². The third-order valence-electron chi connectivity index (χ3n) is 3.36. The molecule has 0 aromatic heterocycles. The zero-order chi connectivity index (χ0) is 11.8. The summed E-state index contributed by atoms with van der Waals surface area (Å²) in [6.45, 7) is 2.28. The molecule has 0 unspecified atom stereocenters. The monoisotopic (exact) mass is 227 g/mol. The van der Waals surface area contributed by atoms with E-state index in [1.807, 2.05) is 0 Å². The minimum absolute atomic E-state index is 0.277. The summed E-state index contributed by atoms with van der Waals surface area (Å²) in [5, 5.41) is 3.04. The van der Waals surface area contributed by atoms with Crippen LogP contribution in [-0.2, 0) is 4.79 Å². The maximum atomic E-state index is 10.5. The highest BCUT2D eigenvalue weighted by Gasteiger charge is 2.16. The summed E-state index contributed by atoms with van der Waals surface area (Å²) in [7, 11) is 2.21. The number of nitrogens with zero attached hydrogens (tertiary/aromatic N) is 1. The molecular weight excluding hydrogens is 202 g/mol. The number of carbonyl (C=O) groups excluding carboxylic acids is 1. The van der Waals surface area contributed by atoms with Gasteiger partial charge in [0, 0.05) is 6.04 Å². The van der Waals surface area contributed by atoms with Gasteiger partial charge in [-0.05, 0) is 39.4 Å². The van der Waals surface area contributed by atoms with E-state index in [9.17, 15) is 4.79 Å². The first-order chi connectivity index (χ1) is 7.70. The van der Waals surface area contributed by atoms with Gasteiger partial charge in [-0.1, -0.05) is 19.3 Å². The third-order valence-corrected chi connectivity index (χ3v) is 3.36. The van der Waals surface area contributed by atoms with Crippen molar-refractivity contribution in [2.45, 2.75) is 44.6 Å². The minimum Gasteiger partial charge on any atom is -0.369 e. The van der Waals surface area contributed by atoms with Crippen molar-refractivity contribution in [2.75, 3.05) is 26.7 Å². The summed E-state index contributed by atoms with van der Waals surface area (Å²) < 4.78 is 0. The average molecular weight is 227 g/mol. The Kier molecular flexibility index (Phi) is 6.42. The predicted octanol–water partition coefficient (Wildman–Crippen LogP) is 0.716. The SMILES string of the molecule is CN(CCCNCC(N)=O)C1CCCCC1. The Labute approximate surface area is 98.6 Å². The molecule has 1 amide bonds. The Morgan fingerprint density at radius 2 is 2.06 bits per heavy atom. The zero-order valence-corrected chi connectivity index (χ0v) is 10.4. The molecule has 0 bridgehead atoms. The normalized spacial score (nSPS) is 17.9. The van der Waals surface area contributed by atoms with E-state index in [0.29, 0.717) is 6.54 Å². The second-order valence-electron chi connectivity index (χ2n) is 4.77. The van der Waals surface area contributed by atoms with Crippen LogP contribution in [0.2, 0.25) is 0 Å². The van der Waals surface area contributed by atoms with Gasteiger partial charge in [-0.15, -0.1) is 0 Å². The van der Waals surface area contributed by atoms with Crippen molar-refractivity contribution in [1.82, 2.24) is 10.2 Å². The van der Waals surface area contributed by atoms with Gasteiger partial charge in [-0.25, -0.2) is 0 Å². The highest BCUT2D eigenvalue weighted by atomic mass is 16.1. The Morgan fingerprint density at radius 1 is 1.38 bits per heavy atom. The van der Waals surface area contributed by atoms with Gasteiger partial charge >= 0.3 is 0 Å². The van der Waals surface area contributed by atoms with Crippen LogP contribution < -0.4 is 11.1 Å². The number of nitrogens with one attached hydrogen (secondary N) is 1. The fourth-order valence-corrected chi connectivity index (χ4v) is 2.37. The van der Waals surface area contributed by atoms with Crippen molar-refractivity contribution in [3.63, 3.8) is 0 Å². The van der Waals surface area contributed by atoms with Gasteiger partial charge < -0.3 is 16.0 Å². The number of hydrogen-bond donors (Lipinski definition) is 2. The van der Waals surface area contributed by atoms with Crippen LogP contribution in [-0.4, -0.2) is 43.5 Å². The molecule has 1 saturated carbocycles. The maximum absolute atomic E-state index is 10.5. The zero-order valence-electron chi connectivity index (χ0n) is 10.4. The summed E-state index contributed by atoms with van der Waals surface area (Å²) in [5.41, 5.74) is 5.04. The molecule has 0 heterocycles. The largest absolute Gasteiger partial charge is 0.369 e. The maximum Gasteiger partial charge on any atom is 0.231 e. The second-order valence-corrected chi connectivity index (χ2v) is 4.77. The van der Waals surface area contributed by atoms with Crippen molar-refractivity contribution in [2.24, 2.45) is 5.73 Å². The highest BCUT2D eigenvalue weighted by Crippen LogP contribution is 2.21.